The standard InChI is InChI=1S/C15H29NO4/c1-12(2)19-9-14(17)8-16-7-13(3)20-15(10-16)5-4-6-18-11-15/h12-14,17H,4-11H2,1-3H3. The first-order valence-electron chi connectivity index (χ1n) is 7.77. The first-order valence-corrected chi connectivity index (χ1v) is 7.77. The maximum atomic E-state index is 10.1. The van der Waals surface area contributed by atoms with Crippen LogP contribution in [0.15, 0.2) is 0 Å². The molecule has 0 bridgehead atoms. The highest BCUT2D eigenvalue weighted by atomic mass is 16.6. The quantitative estimate of drug-likeness (QED) is 0.819. The first kappa shape index (κ1) is 16.2. The van der Waals surface area contributed by atoms with Crippen molar-refractivity contribution in [2.75, 3.05) is 39.5 Å². The zero-order chi connectivity index (χ0) is 14.6. The van der Waals surface area contributed by atoms with Crippen LogP contribution in [0, 0.1) is 0 Å². The Balaban J connectivity index is 1.84. The molecular weight excluding hydrogens is 258 g/mol. The Morgan fingerprint density at radius 3 is 2.90 bits per heavy atom. The van der Waals surface area contributed by atoms with Gasteiger partial charge in [0.1, 0.15) is 5.60 Å². The fraction of sp³-hybridized carbons (Fsp3) is 1.00. The molecule has 2 aliphatic heterocycles. The molecule has 0 amide bonds. The summed E-state index contributed by atoms with van der Waals surface area (Å²) in [6.45, 7) is 10.3. The van der Waals surface area contributed by atoms with Crippen molar-refractivity contribution in [2.24, 2.45) is 0 Å². The van der Waals surface area contributed by atoms with Crippen LogP contribution in [-0.4, -0.2) is 73.4 Å². The Bertz CT molecular complexity index is 292. The van der Waals surface area contributed by atoms with Gasteiger partial charge < -0.3 is 19.3 Å². The van der Waals surface area contributed by atoms with E-state index in [0.717, 1.165) is 32.5 Å². The Morgan fingerprint density at radius 2 is 2.25 bits per heavy atom. The summed E-state index contributed by atoms with van der Waals surface area (Å²) in [5, 5.41) is 10.1. The summed E-state index contributed by atoms with van der Waals surface area (Å²) in [5.41, 5.74) is -0.172. The van der Waals surface area contributed by atoms with E-state index < -0.39 is 6.10 Å². The second kappa shape index (κ2) is 7.18. The molecular formula is C15H29NO4. The van der Waals surface area contributed by atoms with Crippen molar-refractivity contribution < 1.29 is 19.3 Å². The van der Waals surface area contributed by atoms with Gasteiger partial charge in [0.15, 0.2) is 0 Å². The van der Waals surface area contributed by atoms with E-state index in [9.17, 15) is 5.11 Å². The number of hydrogen-bond acceptors (Lipinski definition) is 5. The molecule has 20 heavy (non-hydrogen) atoms. The van der Waals surface area contributed by atoms with Crippen molar-refractivity contribution in [3.8, 4) is 0 Å². The largest absolute Gasteiger partial charge is 0.389 e. The van der Waals surface area contributed by atoms with E-state index in [1.165, 1.54) is 0 Å². The van der Waals surface area contributed by atoms with Gasteiger partial charge in [-0.15, -0.1) is 0 Å². The zero-order valence-corrected chi connectivity index (χ0v) is 13.0. The molecule has 118 valence electrons. The lowest BCUT2D eigenvalue weighted by atomic mass is 9.93. The van der Waals surface area contributed by atoms with Crippen LogP contribution in [0.25, 0.3) is 0 Å². The number of hydrogen-bond donors (Lipinski definition) is 1. The zero-order valence-electron chi connectivity index (χ0n) is 13.0. The van der Waals surface area contributed by atoms with Crippen LogP contribution in [0.4, 0.5) is 0 Å². The third kappa shape index (κ3) is 4.67. The molecule has 5 nitrogen and oxygen atoms in total. The Labute approximate surface area is 122 Å². The van der Waals surface area contributed by atoms with E-state index in [0.29, 0.717) is 19.8 Å². The number of ether oxygens (including phenoxy) is 3. The fourth-order valence-electron chi connectivity index (χ4n) is 3.17. The molecule has 0 aromatic rings. The van der Waals surface area contributed by atoms with Gasteiger partial charge in [-0.25, -0.2) is 0 Å². The number of aliphatic hydroxyl groups is 1. The third-order valence-electron chi connectivity index (χ3n) is 3.86. The molecule has 3 unspecified atom stereocenters. The molecule has 0 radical (unpaired) electrons. The third-order valence-corrected chi connectivity index (χ3v) is 3.86. The summed E-state index contributed by atoms with van der Waals surface area (Å²) in [6, 6.07) is 0. The predicted molar refractivity (Wildman–Crippen MR) is 76.9 cm³/mol. The monoisotopic (exact) mass is 287 g/mol. The smallest absolute Gasteiger partial charge is 0.105 e. The van der Waals surface area contributed by atoms with E-state index in [-0.39, 0.29) is 17.8 Å². The Morgan fingerprint density at radius 1 is 1.45 bits per heavy atom. The molecule has 0 aromatic carbocycles. The van der Waals surface area contributed by atoms with Crippen molar-refractivity contribution in [3.05, 3.63) is 0 Å². The number of morpholine rings is 1. The van der Waals surface area contributed by atoms with E-state index in [1.54, 1.807) is 0 Å². The van der Waals surface area contributed by atoms with Gasteiger partial charge in [0.2, 0.25) is 0 Å². The molecule has 2 aliphatic rings. The summed E-state index contributed by atoms with van der Waals surface area (Å²) in [5.74, 6) is 0. The second-order valence-corrected chi connectivity index (χ2v) is 6.50. The highest BCUT2D eigenvalue weighted by molar-refractivity contribution is 4.92. The Hall–Kier alpha value is -0.200. The molecule has 2 saturated heterocycles. The topological polar surface area (TPSA) is 51.2 Å². The SMILES string of the molecule is CC(C)OCC(O)CN1CC(C)OC2(CCCOC2)C1. The summed E-state index contributed by atoms with van der Waals surface area (Å²) < 4.78 is 17.2. The molecule has 2 fully saturated rings. The summed E-state index contributed by atoms with van der Waals surface area (Å²) >= 11 is 0. The van der Waals surface area contributed by atoms with E-state index in [4.69, 9.17) is 14.2 Å². The molecule has 0 aromatic heterocycles. The molecule has 0 saturated carbocycles. The van der Waals surface area contributed by atoms with Crippen molar-refractivity contribution in [3.63, 3.8) is 0 Å². The fourth-order valence-corrected chi connectivity index (χ4v) is 3.17. The minimum absolute atomic E-state index is 0.159. The van der Waals surface area contributed by atoms with Gasteiger partial charge in [0, 0.05) is 26.2 Å². The lowest BCUT2D eigenvalue weighted by Crippen LogP contribution is -2.59. The van der Waals surface area contributed by atoms with Crippen LogP contribution in [-0.2, 0) is 14.2 Å². The van der Waals surface area contributed by atoms with Crippen LogP contribution in [0.2, 0.25) is 0 Å². The molecule has 0 aliphatic carbocycles. The van der Waals surface area contributed by atoms with Gasteiger partial charge in [0.25, 0.3) is 0 Å². The van der Waals surface area contributed by atoms with Crippen LogP contribution in [0.5, 0.6) is 0 Å². The van der Waals surface area contributed by atoms with Gasteiger partial charge in [-0.05, 0) is 33.6 Å². The molecule has 2 heterocycles. The minimum Gasteiger partial charge on any atom is -0.389 e. The van der Waals surface area contributed by atoms with Gasteiger partial charge in [-0.1, -0.05) is 0 Å². The van der Waals surface area contributed by atoms with Crippen molar-refractivity contribution in [1.29, 1.82) is 0 Å². The van der Waals surface area contributed by atoms with Gasteiger partial charge in [-0.3, -0.25) is 4.90 Å². The van der Waals surface area contributed by atoms with Crippen LogP contribution >= 0.6 is 0 Å². The van der Waals surface area contributed by atoms with E-state index in [1.807, 2.05) is 13.8 Å². The highest BCUT2D eigenvalue weighted by Gasteiger charge is 2.41. The number of rotatable bonds is 5. The van der Waals surface area contributed by atoms with E-state index in [2.05, 4.69) is 11.8 Å². The summed E-state index contributed by atoms with van der Waals surface area (Å²) in [6.07, 6.45) is 2.01. The molecule has 1 N–H and O–H groups in total. The average Bonchev–Trinajstić information content (AvgIpc) is 2.36. The average molecular weight is 287 g/mol. The van der Waals surface area contributed by atoms with Crippen molar-refractivity contribution >= 4 is 0 Å². The van der Waals surface area contributed by atoms with E-state index >= 15 is 0 Å². The van der Waals surface area contributed by atoms with Crippen molar-refractivity contribution in [1.82, 2.24) is 4.90 Å². The predicted octanol–water partition coefficient (Wildman–Crippen LogP) is 1.04. The van der Waals surface area contributed by atoms with Crippen LogP contribution < -0.4 is 0 Å². The maximum Gasteiger partial charge on any atom is 0.105 e. The second-order valence-electron chi connectivity index (χ2n) is 6.50. The summed E-state index contributed by atoms with van der Waals surface area (Å²) in [7, 11) is 0. The van der Waals surface area contributed by atoms with Crippen molar-refractivity contribution in [2.45, 2.75) is 57.5 Å². The normalized spacial score (nSPS) is 33.8. The molecule has 3 atom stereocenters. The first-order chi connectivity index (χ1) is 9.49. The number of nitrogens with zero attached hydrogens (tertiary/aromatic N) is 1. The molecule has 2 rings (SSSR count). The van der Waals surface area contributed by atoms with Gasteiger partial charge >= 0.3 is 0 Å². The minimum atomic E-state index is -0.441. The van der Waals surface area contributed by atoms with Gasteiger partial charge in [0.05, 0.1) is 31.5 Å². The van der Waals surface area contributed by atoms with Crippen LogP contribution in [0.1, 0.15) is 33.6 Å². The molecule has 1 spiro atoms. The number of aliphatic hydroxyl groups excluding tert-OH is 1. The highest BCUT2D eigenvalue weighted by Crippen LogP contribution is 2.30. The summed E-state index contributed by atoms with van der Waals surface area (Å²) in [4.78, 5) is 2.29. The molecule has 5 heteroatoms. The lowest BCUT2D eigenvalue weighted by Gasteiger charge is -2.47. The van der Waals surface area contributed by atoms with Crippen LogP contribution in [0.3, 0.4) is 0 Å². The Kier molecular flexibility index (Phi) is 5.81. The number of β-amino-alcohol motifs (C(OH)–C–C–N with tert-alkyl or cyclic N) is 1. The van der Waals surface area contributed by atoms with Gasteiger partial charge in [-0.2, -0.15) is 0 Å². The maximum absolute atomic E-state index is 10.1. The lowest BCUT2D eigenvalue weighted by molar-refractivity contribution is -0.199.